The van der Waals surface area contributed by atoms with Gasteiger partial charge in [0.2, 0.25) is 0 Å². The average molecular weight is 195 g/mol. The minimum absolute atomic E-state index is 0.152. The van der Waals surface area contributed by atoms with Crippen molar-refractivity contribution in [3.05, 3.63) is 33.4 Å². The van der Waals surface area contributed by atoms with Crippen LogP contribution in [0, 0.1) is 10.1 Å². The van der Waals surface area contributed by atoms with Crippen molar-refractivity contribution in [3.8, 4) is 0 Å². The normalized spacial score (nSPS) is 16.1. The van der Waals surface area contributed by atoms with E-state index >= 15 is 0 Å². The first-order valence-corrected chi connectivity index (χ1v) is 4.03. The van der Waals surface area contributed by atoms with Crippen LogP contribution >= 0.6 is 0 Å². The van der Waals surface area contributed by atoms with Gasteiger partial charge in [-0.15, -0.1) is 0 Å². The first-order valence-electron chi connectivity index (χ1n) is 4.03. The zero-order valence-corrected chi connectivity index (χ0v) is 7.81. The number of nitrogens with zero attached hydrogens (tertiary/aromatic N) is 1. The van der Waals surface area contributed by atoms with E-state index < -0.39 is 11.0 Å². The maximum Gasteiger partial charge on any atom is 0.251 e. The zero-order chi connectivity index (χ0) is 10.9. The van der Waals surface area contributed by atoms with Gasteiger partial charge in [-0.3, -0.25) is 19.7 Å². The third-order valence-corrected chi connectivity index (χ3v) is 1.97. The Labute approximate surface area is 80.2 Å². The molecule has 0 spiro atoms. The molecule has 0 aromatic rings. The highest BCUT2D eigenvalue weighted by molar-refractivity contribution is 6.11. The predicted molar refractivity (Wildman–Crippen MR) is 48.3 cm³/mol. The van der Waals surface area contributed by atoms with Crippen LogP contribution in [0.4, 0.5) is 0 Å². The first kappa shape index (κ1) is 10.3. The molecule has 5 nitrogen and oxygen atoms in total. The molecule has 0 aromatic heterocycles. The fourth-order valence-corrected chi connectivity index (χ4v) is 1.30. The summed E-state index contributed by atoms with van der Waals surface area (Å²) < 4.78 is 0. The van der Waals surface area contributed by atoms with Gasteiger partial charge in [0.25, 0.3) is 6.04 Å². The second-order valence-electron chi connectivity index (χ2n) is 3.05. The van der Waals surface area contributed by atoms with E-state index in [-0.39, 0.29) is 22.7 Å². The summed E-state index contributed by atoms with van der Waals surface area (Å²) in [7, 11) is 0. The van der Waals surface area contributed by atoms with Crippen molar-refractivity contribution in [2.24, 2.45) is 0 Å². The van der Waals surface area contributed by atoms with Crippen molar-refractivity contribution >= 4 is 11.6 Å². The predicted octanol–water partition coefficient (Wildman–Crippen LogP) is 0.676. The summed E-state index contributed by atoms with van der Waals surface area (Å²) in [5.74, 6) is -0.647. The van der Waals surface area contributed by atoms with Gasteiger partial charge in [0.1, 0.15) is 0 Å². The van der Waals surface area contributed by atoms with E-state index in [9.17, 15) is 19.7 Å². The first-order chi connectivity index (χ1) is 6.43. The molecule has 0 saturated carbocycles. The van der Waals surface area contributed by atoms with Crippen molar-refractivity contribution in [3.63, 3.8) is 0 Å². The smallest absolute Gasteiger partial charge is 0.251 e. The van der Waals surface area contributed by atoms with E-state index in [1.165, 1.54) is 26.0 Å². The minimum Gasteiger partial charge on any atom is -0.294 e. The molecule has 0 unspecified atom stereocenters. The van der Waals surface area contributed by atoms with Gasteiger partial charge in [0.05, 0.1) is 0 Å². The summed E-state index contributed by atoms with van der Waals surface area (Å²) in [5, 5.41) is 10.4. The number of hydrogen-bond acceptors (Lipinski definition) is 4. The quantitative estimate of drug-likeness (QED) is 0.490. The van der Waals surface area contributed by atoms with Crippen molar-refractivity contribution in [1.29, 1.82) is 0 Å². The second-order valence-corrected chi connectivity index (χ2v) is 3.05. The van der Waals surface area contributed by atoms with Crippen LogP contribution < -0.4 is 0 Å². The molecule has 0 aromatic carbocycles. The highest BCUT2D eigenvalue weighted by Gasteiger charge is 2.29. The van der Waals surface area contributed by atoms with E-state index in [1.807, 2.05) is 0 Å². The molecule has 0 bridgehead atoms. The number of ketones is 2. The Balaban J connectivity index is 3.11. The summed E-state index contributed by atoms with van der Waals surface area (Å²) >= 11 is 0. The number of nitro groups is 1. The van der Waals surface area contributed by atoms with Gasteiger partial charge in [0.15, 0.2) is 11.6 Å². The molecule has 14 heavy (non-hydrogen) atoms. The largest absolute Gasteiger partial charge is 0.294 e. The number of rotatable bonds is 3. The molecule has 0 radical (unpaired) electrons. The zero-order valence-electron chi connectivity index (χ0n) is 7.81. The van der Waals surface area contributed by atoms with Crippen molar-refractivity contribution in [2.75, 3.05) is 0 Å². The monoisotopic (exact) mass is 195 g/mol. The highest BCUT2D eigenvalue weighted by atomic mass is 16.6. The maximum atomic E-state index is 11.0. The van der Waals surface area contributed by atoms with Gasteiger partial charge < -0.3 is 0 Å². The molecule has 0 saturated heterocycles. The molecule has 74 valence electrons. The van der Waals surface area contributed by atoms with Crippen LogP contribution in [0.15, 0.2) is 23.3 Å². The summed E-state index contributed by atoms with van der Waals surface area (Å²) in [5.41, 5.74) is 0.304. The Morgan fingerprint density at radius 2 is 1.57 bits per heavy atom. The maximum absolute atomic E-state index is 11.0. The van der Waals surface area contributed by atoms with Crippen LogP contribution in [0.2, 0.25) is 0 Å². The highest BCUT2D eigenvalue weighted by Crippen LogP contribution is 2.22. The van der Waals surface area contributed by atoms with Gasteiger partial charge in [-0.1, -0.05) is 0 Å². The van der Waals surface area contributed by atoms with Crippen LogP contribution in [0.5, 0.6) is 0 Å². The molecule has 5 heteroatoms. The van der Waals surface area contributed by atoms with E-state index in [0.29, 0.717) is 0 Å². The number of Topliss-reactive ketones (excluding diaryl/α,β-unsaturated/α-hetero) is 2. The fraction of sp³-hybridized carbons (Fsp3) is 0.333. The third kappa shape index (κ3) is 1.76. The molecule has 0 amide bonds. The van der Waals surface area contributed by atoms with E-state index in [2.05, 4.69) is 0 Å². The summed E-state index contributed by atoms with van der Waals surface area (Å²) in [4.78, 5) is 32.0. The van der Waals surface area contributed by atoms with E-state index in [0.717, 1.165) is 0 Å². The van der Waals surface area contributed by atoms with E-state index in [1.54, 1.807) is 0 Å². The molecular weight excluding hydrogens is 186 g/mol. The van der Waals surface area contributed by atoms with Crippen molar-refractivity contribution in [1.82, 2.24) is 0 Å². The average Bonchev–Trinajstić information content (AvgIpc) is 2.47. The Hall–Kier alpha value is -1.78. The van der Waals surface area contributed by atoms with Crippen molar-refractivity contribution < 1.29 is 14.5 Å². The Morgan fingerprint density at radius 1 is 1.21 bits per heavy atom. The van der Waals surface area contributed by atoms with Crippen LogP contribution in [0.1, 0.15) is 13.8 Å². The van der Waals surface area contributed by atoms with Gasteiger partial charge in [-0.05, 0) is 13.8 Å². The minimum atomic E-state index is -1.05. The van der Waals surface area contributed by atoms with Crippen LogP contribution in [0.3, 0.4) is 0 Å². The summed E-state index contributed by atoms with van der Waals surface area (Å²) in [6, 6.07) is -1.05. The molecule has 1 aliphatic rings. The topological polar surface area (TPSA) is 77.3 Å². The number of carbonyl (C=O) groups excluding carboxylic acids is 2. The second kappa shape index (κ2) is 3.53. The molecule has 0 fully saturated rings. The molecular formula is C9H9NO4. The van der Waals surface area contributed by atoms with Crippen LogP contribution in [-0.4, -0.2) is 22.5 Å². The Bertz CT molecular complexity index is 348. The Morgan fingerprint density at radius 3 is 1.79 bits per heavy atom. The molecule has 0 N–H and O–H groups in total. The lowest BCUT2D eigenvalue weighted by molar-refractivity contribution is -0.496. The lowest BCUT2D eigenvalue weighted by Crippen LogP contribution is -2.11. The number of allylic oxidation sites excluding steroid dienone is 2. The van der Waals surface area contributed by atoms with Gasteiger partial charge >= 0.3 is 0 Å². The lowest BCUT2D eigenvalue weighted by atomic mass is 10.0. The number of carbonyl (C=O) groups is 2. The van der Waals surface area contributed by atoms with E-state index in [4.69, 9.17) is 0 Å². The molecule has 0 atom stereocenters. The van der Waals surface area contributed by atoms with Gasteiger partial charge in [-0.2, -0.15) is 0 Å². The summed E-state index contributed by atoms with van der Waals surface area (Å²) in [6.45, 7) is 2.57. The van der Waals surface area contributed by atoms with Crippen LogP contribution in [0.25, 0.3) is 0 Å². The Kier molecular flexibility index (Phi) is 2.60. The standard InChI is InChI=1S/C9H9NO4/c1-5(11)8-3-7(10(13)14)4-9(8)6(2)12/h3-4,7H,1-2H3. The molecule has 1 rings (SSSR count). The lowest BCUT2D eigenvalue weighted by Gasteiger charge is -1.97. The molecule has 1 aliphatic carbocycles. The fourth-order valence-electron chi connectivity index (χ4n) is 1.30. The molecule has 0 heterocycles. The third-order valence-electron chi connectivity index (χ3n) is 1.97. The number of hydrogen-bond donors (Lipinski definition) is 0. The van der Waals surface area contributed by atoms with Gasteiger partial charge in [-0.25, -0.2) is 0 Å². The van der Waals surface area contributed by atoms with Crippen molar-refractivity contribution in [2.45, 2.75) is 19.9 Å². The molecule has 0 aliphatic heterocycles. The summed E-state index contributed by atoms with van der Waals surface area (Å²) in [6.07, 6.45) is 2.41. The van der Waals surface area contributed by atoms with Crippen LogP contribution in [-0.2, 0) is 9.59 Å². The van der Waals surface area contributed by atoms with Gasteiger partial charge in [0, 0.05) is 28.2 Å². The SMILES string of the molecule is CC(=O)C1=CC([N+](=O)[O-])C=C1C(C)=O.